The zero-order valence-electron chi connectivity index (χ0n) is 10.8. The summed E-state index contributed by atoms with van der Waals surface area (Å²) in [5, 5.41) is 0. The van der Waals surface area contributed by atoms with Crippen LogP contribution in [-0.2, 0) is 16.6 Å². The summed E-state index contributed by atoms with van der Waals surface area (Å²) in [5.41, 5.74) is 5.93. The van der Waals surface area contributed by atoms with Crippen LogP contribution in [0.1, 0.15) is 10.4 Å². The van der Waals surface area contributed by atoms with Crippen LogP contribution in [-0.4, -0.2) is 8.42 Å². The highest BCUT2D eigenvalue weighted by atomic mass is 79.9. The molecule has 2 aromatic rings. The minimum atomic E-state index is -3.95. The first-order valence-corrected chi connectivity index (χ1v) is 8.80. The number of nitrogens with two attached hydrogens (primary N) is 1. The molecule has 0 aliphatic carbocycles. The molecule has 1 aromatic carbocycles. The summed E-state index contributed by atoms with van der Waals surface area (Å²) in [6.07, 6.45) is 0. The van der Waals surface area contributed by atoms with Gasteiger partial charge in [0.1, 0.15) is 15.8 Å². The molecule has 0 aliphatic rings. The Bertz CT molecular complexity index is 791. The smallest absolute Gasteiger partial charge is 0.271 e. The van der Waals surface area contributed by atoms with Crippen LogP contribution in [0, 0.1) is 18.6 Å². The fourth-order valence-electron chi connectivity index (χ4n) is 1.62. The van der Waals surface area contributed by atoms with Crippen molar-refractivity contribution in [2.24, 2.45) is 5.73 Å². The average Bonchev–Trinajstić information content (AvgIpc) is 2.78. The zero-order chi connectivity index (χ0) is 15.8. The summed E-state index contributed by atoms with van der Waals surface area (Å²) in [6.45, 7) is 1.97. The third-order valence-corrected chi connectivity index (χ3v) is 6.41. The summed E-state index contributed by atoms with van der Waals surface area (Å²) in [6, 6.07) is 3.10. The summed E-state index contributed by atoms with van der Waals surface area (Å²) in [4.78, 5) is 0.733. The van der Waals surface area contributed by atoms with Crippen LogP contribution in [0.15, 0.2) is 26.9 Å². The number of aryl methyl sites for hydroxylation is 1. The van der Waals surface area contributed by atoms with Crippen molar-refractivity contribution in [3.05, 3.63) is 44.7 Å². The lowest BCUT2D eigenvalue weighted by Gasteiger charge is -2.08. The van der Waals surface area contributed by atoms with Crippen LogP contribution < -0.4 is 10.5 Å². The van der Waals surface area contributed by atoms with Gasteiger partial charge in [-0.15, -0.1) is 11.3 Å². The third-order valence-electron chi connectivity index (χ3n) is 2.70. The molecule has 0 atom stereocenters. The van der Waals surface area contributed by atoms with E-state index in [2.05, 4.69) is 20.7 Å². The summed E-state index contributed by atoms with van der Waals surface area (Å²) in [7, 11) is -3.95. The summed E-state index contributed by atoms with van der Waals surface area (Å²) >= 11 is 3.90. The first-order chi connectivity index (χ1) is 9.74. The Balaban J connectivity index is 2.39. The first kappa shape index (κ1) is 16.3. The SMILES string of the molecule is Cc1cc(S(=O)(=O)Nc2cc(Br)c(F)cc2F)sc1CN. The molecular weight excluding hydrogens is 386 g/mol. The van der Waals surface area contributed by atoms with Gasteiger partial charge in [0.05, 0.1) is 10.2 Å². The second kappa shape index (κ2) is 5.99. The molecule has 21 heavy (non-hydrogen) atoms. The van der Waals surface area contributed by atoms with Gasteiger partial charge in [-0.3, -0.25) is 4.72 Å². The van der Waals surface area contributed by atoms with Gasteiger partial charge in [-0.25, -0.2) is 17.2 Å². The number of halogens is 3. The maximum Gasteiger partial charge on any atom is 0.271 e. The van der Waals surface area contributed by atoms with E-state index in [-0.39, 0.29) is 20.9 Å². The van der Waals surface area contributed by atoms with E-state index in [0.29, 0.717) is 6.07 Å². The molecule has 0 spiro atoms. The maximum absolute atomic E-state index is 13.6. The number of hydrogen-bond acceptors (Lipinski definition) is 4. The van der Waals surface area contributed by atoms with Gasteiger partial charge >= 0.3 is 0 Å². The minimum absolute atomic E-state index is 0.0281. The average molecular weight is 397 g/mol. The van der Waals surface area contributed by atoms with Gasteiger partial charge < -0.3 is 5.73 Å². The molecule has 1 aromatic heterocycles. The fourth-order valence-corrected chi connectivity index (χ4v) is 4.49. The third kappa shape index (κ3) is 3.42. The van der Waals surface area contributed by atoms with E-state index >= 15 is 0 Å². The highest BCUT2D eigenvalue weighted by Crippen LogP contribution is 2.29. The summed E-state index contributed by atoms with van der Waals surface area (Å²) < 4.78 is 53.3. The Labute approximate surface area is 133 Å². The first-order valence-electron chi connectivity index (χ1n) is 5.71. The fraction of sp³-hybridized carbons (Fsp3) is 0.167. The number of anilines is 1. The van der Waals surface area contributed by atoms with Crippen LogP contribution in [0.5, 0.6) is 0 Å². The molecule has 2 rings (SSSR count). The standard InChI is InChI=1S/C12H11BrF2N2O2S2/c1-6-2-12(20-11(6)5-16)21(18,19)17-10-3-7(13)8(14)4-9(10)15/h2-4,17H,5,16H2,1H3. The Morgan fingerprint density at radius 3 is 2.52 bits per heavy atom. The van der Waals surface area contributed by atoms with Crippen molar-refractivity contribution < 1.29 is 17.2 Å². The van der Waals surface area contributed by atoms with Crippen LogP contribution in [0.4, 0.5) is 14.5 Å². The number of nitrogens with one attached hydrogen (secondary N) is 1. The van der Waals surface area contributed by atoms with Gasteiger partial charge in [-0.1, -0.05) is 0 Å². The largest absolute Gasteiger partial charge is 0.326 e. The molecule has 4 nitrogen and oxygen atoms in total. The van der Waals surface area contributed by atoms with Gasteiger partial charge in [0, 0.05) is 17.5 Å². The maximum atomic E-state index is 13.6. The van der Waals surface area contributed by atoms with Crippen LogP contribution in [0.25, 0.3) is 0 Å². The molecule has 1 heterocycles. The van der Waals surface area contributed by atoms with Gasteiger partial charge in [0.2, 0.25) is 0 Å². The lowest BCUT2D eigenvalue weighted by Crippen LogP contribution is -2.13. The van der Waals surface area contributed by atoms with Crippen molar-refractivity contribution in [2.45, 2.75) is 17.7 Å². The number of benzene rings is 1. The second-order valence-electron chi connectivity index (χ2n) is 4.23. The predicted octanol–water partition coefficient (Wildman–Crippen LogP) is 3.36. The van der Waals surface area contributed by atoms with E-state index in [1.54, 1.807) is 6.92 Å². The van der Waals surface area contributed by atoms with E-state index in [1.807, 2.05) is 0 Å². The Kier molecular flexibility index (Phi) is 4.66. The van der Waals surface area contributed by atoms with Gasteiger partial charge in [0.15, 0.2) is 0 Å². The Morgan fingerprint density at radius 1 is 1.29 bits per heavy atom. The number of hydrogen-bond donors (Lipinski definition) is 2. The second-order valence-corrected chi connectivity index (χ2v) is 8.13. The van der Waals surface area contributed by atoms with Crippen LogP contribution in [0.3, 0.4) is 0 Å². The van der Waals surface area contributed by atoms with Crippen molar-refractivity contribution in [2.75, 3.05) is 4.72 Å². The number of rotatable bonds is 4. The molecule has 0 aliphatic heterocycles. The van der Waals surface area contributed by atoms with Gasteiger partial charge in [-0.05, 0) is 40.5 Å². The zero-order valence-corrected chi connectivity index (χ0v) is 14.0. The van der Waals surface area contributed by atoms with Crippen molar-refractivity contribution in [3.8, 4) is 0 Å². The van der Waals surface area contributed by atoms with Crippen molar-refractivity contribution in [1.82, 2.24) is 0 Å². The summed E-state index contributed by atoms with van der Waals surface area (Å²) in [5.74, 6) is -1.81. The van der Waals surface area contributed by atoms with E-state index in [9.17, 15) is 17.2 Å². The van der Waals surface area contributed by atoms with Gasteiger partial charge in [-0.2, -0.15) is 0 Å². The molecular formula is C12H11BrF2N2O2S2. The monoisotopic (exact) mass is 396 g/mol. The van der Waals surface area contributed by atoms with E-state index in [4.69, 9.17) is 5.73 Å². The predicted molar refractivity (Wildman–Crippen MR) is 81.8 cm³/mol. The molecule has 0 fully saturated rings. The van der Waals surface area contributed by atoms with Crippen molar-refractivity contribution >= 4 is 43.0 Å². The minimum Gasteiger partial charge on any atom is -0.326 e. The Morgan fingerprint density at radius 2 is 1.95 bits per heavy atom. The highest BCUT2D eigenvalue weighted by Gasteiger charge is 2.21. The van der Waals surface area contributed by atoms with Crippen LogP contribution in [0.2, 0.25) is 0 Å². The molecule has 0 unspecified atom stereocenters. The van der Waals surface area contributed by atoms with E-state index in [1.165, 1.54) is 6.07 Å². The molecule has 0 saturated carbocycles. The molecule has 0 saturated heterocycles. The van der Waals surface area contributed by atoms with Gasteiger partial charge in [0.25, 0.3) is 10.0 Å². The number of thiophene rings is 1. The van der Waals surface area contributed by atoms with Crippen molar-refractivity contribution in [3.63, 3.8) is 0 Å². The molecule has 3 N–H and O–H groups in total. The highest BCUT2D eigenvalue weighted by molar-refractivity contribution is 9.10. The van der Waals surface area contributed by atoms with Crippen LogP contribution >= 0.6 is 27.3 Å². The molecule has 0 bridgehead atoms. The molecule has 0 radical (unpaired) electrons. The normalized spacial score (nSPS) is 11.7. The Hall–Kier alpha value is -1.03. The van der Waals surface area contributed by atoms with Crippen molar-refractivity contribution in [1.29, 1.82) is 0 Å². The molecule has 114 valence electrons. The quantitative estimate of drug-likeness (QED) is 0.778. The topological polar surface area (TPSA) is 72.2 Å². The molecule has 9 heteroatoms. The lowest BCUT2D eigenvalue weighted by atomic mass is 10.3. The number of sulfonamides is 1. The van der Waals surface area contributed by atoms with E-state index in [0.717, 1.165) is 27.8 Å². The molecule has 0 amide bonds. The van der Waals surface area contributed by atoms with E-state index < -0.39 is 21.7 Å². The lowest BCUT2D eigenvalue weighted by molar-refractivity contribution is 0.579.